The van der Waals surface area contributed by atoms with Crippen LogP contribution in [0.25, 0.3) is 28.1 Å². The molecule has 41 heavy (non-hydrogen) atoms. The van der Waals surface area contributed by atoms with E-state index in [4.69, 9.17) is 23.2 Å². The topological polar surface area (TPSA) is 115 Å². The molecule has 0 radical (unpaired) electrons. The van der Waals surface area contributed by atoms with Gasteiger partial charge in [-0.2, -0.15) is 32.1 Å². The van der Waals surface area contributed by atoms with Crippen LogP contribution < -0.4 is 4.73 Å². The summed E-state index contributed by atoms with van der Waals surface area (Å²) >= 11 is 11.9. The van der Waals surface area contributed by atoms with Gasteiger partial charge in [-0.1, -0.05) is 33.6 Å². The van der Waals surface area contributed by atoms with Gasteiger partial charge in [-0.05, 0) is 18.2 Å². The zero-order chi connectivity index (χ0) is 29.3. The number of aromatic nitrogens is 9. The molecule has 4 aromatic heterocycles. The summed E-state index contributed by atoms with van der Waals surface area (Å²) in [5.74, 6) is -0.841. The molecule has 5 rings (SSSR count). The number of halogens is 7. The van der Waals surface area contributed by atoms with Crippen LogP contribution >= 0.6 is 23.2 Å². The van der Waals surface area contributed by atoms with Crippen molar-refractivity contribution in [2.75, 3.05) is 6.61 Å². The first-order valence-electron chi connectivity index (χ1n) is 11.6. The van der Waals surface area contributed by atoms with Crippen molar-refractivity contribution in [1.82, 2.24) is 39.8 Å². The van der Waals surface area contributed by atoms with Crippen LogP contribution in [0.5, 0.6) is 0 Å². The number of benzene rings is 1. The third kappa shape index (κ3) is 5.84. The zero-order valence-corrected chi connectivity index (χ0v) is 21.8. The predicted octanol–water partition coefficient (Wildman–Crippen LogP) is 5.08. The Balaban J connectivity index is 1.55. The van der Waals surface area contributed by atoms with Crippen molar-refractivity contribution in [2.24, 2.45) is 0 Å². The quantitative estimate of drug-likeness (QED) is 0.122. The third-order valence-electron chi connectivity index (χ3n) is 5.97. The van der Waals surface area contributed by atoms with Crippen molar-refractivity contribution in [1.29, 1.82) is 0 Å². The molecule has 0 spiro atoms. The van der Waals surface area contributed by atoms with E-state index in [-0.39, 0.29) is 50.4 Å². The molecule has 1 atom stereocenters. The van der Waals surface area contributed by atoms with E-state index in [1.807, 2.05) is 0 Å². The molecule has 214 valence electrons. The van der Waals surface area contributed by atoms with Gasteiger partial charge in [-0.3, -0.25) is 4.68 Å². The van der Waals surface area contributed by atoms with Gasteiger partial charge < -0.3 is 9.94 Å². The van der Waals surface area contributed by atoms with Crippen LogP contribution in [0.15, 0.2) is 55.2 Å². The third-order valence-corrected chi connectivity index (χ3v) is 6.44. The van der Waals surface area contributed by atoms with Crippen molar-refractivity contribution >= 4 is 23.2 Å². The number of hydrogen-bond donors (Lipinski definition) is 0. The molecule has 0 aliphatic heterocycles. The van der Waals surface area contributed by atoms with E-state index in [0.29, 0.717) is 9.41 Å². The minimum Gasteiger partial charge on any atom is -0.618 e. The standard InChI is InChI=1S/C23H16Cl2F5N9O2/c24-14-2-4-17(37-11-19(25)33-35-37)20(21(14)26)12-1-3-16(38(40)10-12)15(5-6-41-23(29)30)36-9-13(7-32-36)18-8-31-34-39(18)22(27)28/h1-4,7-11,15,22-23H,5-6H2/t15-/m0/s1. The summed E-state index contributed by atoms with van der Waals surface area (Å²) < 4.78 is 74.8. The predicted molar refractivity (Wildman–Crippen MR) is 133 cm³/mol. The van der Waals surface area contributed by atoms with Gasteiger partial charge in [0.25, 0.3) is 0 Å². The van der Waals surface area contributed by atoms with E-state index in [2.05, 4.69) is 30.5 Å². The van der Waals surface area contributed by atoms with E-state index in [1.54, 1.807) is 0 Å². The van der Waals surface area contributed by atoms with Gasteiger partial charge in [0, 0.05) is 24.2 Å². The maximum atomic E-state index is 15.3. The molecular weight excluding hydrogens is 600 g/mol. The fraction of sp³-hybridized carbons (Fsp3) is 0.217. The lowest BCUT2D eigenvalue weighted by Crippen LogP contribution is -2.36. The molecule has 5 aromatic rings. The highest BCUT2D eigenvalue weighted by Crippen LogP contribution is 2.34. The van der Waals surface area contributed by atoms with E-state index in [9.17, 15) is 22.8 Å². The lowest BCUT2D eigenvalue weighted by atomic mass is 10.0. The Labute approximate surface area is 236 Å². The normalized spacial score (nSPS) is 12.5. The Morgan fingerprint density at radius 3 is 2.49 bits per heavy atom. The van der Waals surface area contributed by atoms with Gasteiger partial charge in [0.2, 0.25) is 5.69 Å². The van der Waals surface area contributed by atoms with Crippen molar-refractivity contribution in [3.63, 3.8) is 0 Å². The Kier molecular flexibility index (Phi) is 8.14. The highest BCUT2D eigenvalue weighted by atomic mass is 35.5. The van der Waals surface area contributed by atoms with Gasteiger partial charge in [-0.25, -0.2) is 9.07 Å². The average Bonchev–Trinajstić information content (AvgIpc) is 3.69. The van der Waals surface area contributed by atoms with Gasteiger partial charge in [-0.15, -0.1) is 10.2 Å². The summed E-state index contributed by atoms with van der Waals surface area (Å²) in [4.78, 5) is 0. The van der Waals surface area contributed by atoms with Gasteiger partial charge in [0.15, 0.2) is 17.2 Å². The van der Waals surface area contributed by atoms with E-state index in [0.717, 1.165) is 12.4 Å². The summed E-state index contributed by atoms with van der Waals surface area (Å²) in [7, 11) is 0. The van der Waals surface area contributed by atoms with Crippen LogP contribution in [0.1, 0.15) is 24.7 Å². The Morgan fingerprint density at radius 2 is 1.80 bits per heavy atom. The maximum absolute atomic E-state index is 15.3. The smallest absolute Gasteiger partial charge is 0.345 e. The summed E-state index contributed by atoms with van der Waals surface area (Å²) in [6.07, 6.45) is 5.91. The molecule has 0 N–H and O–H groups in total. The maximum Gasteiger partial charge on any atom is 0.345 e. The summed E-state index contributed by atoms with van der Waals surface area (Å²) in [5.41, 5.74) is 0.331. The number of pyridine rings is 1. The van der Waals surface area contributed by atoms with Crippen LogP contribution in [0.4, 0.5) is 22.0 Å². The second-order valence-corrected chi connectivity index (χ2v) is 9.19. The van der Waals surface area contributed by atoms with Crippen LogP contribution in [-0.4, -0.2) is 53.0 Å². The van der Waals surface area contributed by atoms with Crippen LogP contribution in [0.3, 0.4) is 0 Å². The molecule has 0 aliphatic carbocycles. The summed E-state index contributed by atoms with van der Waals surface area (Å²) in [6, 6.07) is 4.53. The first kappa shape index (κ1) is 28.4. The fourth-order valence-corrected chi connectivity index (χ4v) is 4.47. The highest BCUT2D eigenvalue weighted by Gasteiger charge is 2.27. The van der Waals surface area contributed by atoms with Gasteiger partial charge in [0.05, 0.1) is 52.7 Å². The Bertz CT molecular complexity index is 1680. The largest absolute Gasteiger partial charge is 0.618 e. The lowest BCUT2D eigenvalue weighted by molar-refractivity contribution is -0.615. The van der Waals surface area contributed by atoms with Gasteiger partial charge >= 0.3 is 13.2 Å². The Morgan fingerprint density at radius 1 is 1.00 bits per heavy atom. The molecule has 11 nitrogen and oxygen atoms in total. The van der Waals surface area contributed by atoms with Crippen LogP contribution in [0.2, 0.25) is 10.2 Å². The molecule has 0 aliphatic rings. The molecule has 1 aromatic carbocycles. The molecule has 0 amide bonds. The molecule has 4 heterocycles. The van der Waals surface area contributed by atoms with Crippen molar-refractivity contribution in [2.45, 2.75) is 25.6 Å². The minimum atomic E-state index is -3.06. The van der Waals surface area contributed by atoms with Crippen molar-refractivity contribution < 1.29 is 31.4 Å². The second kappa shape index (κ2) is 11.8. The Hall–Kier alpha value is -4.15. The molecule has 0 bridgehead atoms. The number of nitrogens with zero attached hydrogens (tertiary/aromatic N) is 9. The summed E-state index contributed by atoms with van der Waals surface area (Å²) in [6.45, 7) is -6.52. The van der Waals surface area contributed by atoms with E-state index in [1.165, 1.54) is 52.2 Å². The van der Waals surface area contributed by atoms with Crippen molar-refractivity contribution in [3.05, 3.63) is 82.1 Å². The lowest BCUT2D eigenvalue weighted by Gasteiger charge is -2.18. The number of hydrogen-bond acceptors (Lipinski definition) is 7. The molecule has 0 saturated carbocycles. The number of alkyl halides is 4. The van der Waals surface area contributed by atoms with Gasteiger partial charge in [0.1, 0.15) is 6.04 Å². The fourth-order valence-electron chi connectivity index (χ4n) is 4.19. The SMILES string of the molecule is [O-][n+]1cc(-c2c(-n3cc(Cl)nn3)ccc(Cl)c2F)ccc1[C@H](CCOC(F)F)n1cc(-c2cnnn2C(F)F)cn1. The van der Waals surface area contributed by atoms with Crippen LogP contribution in [-0.2, 0) is 4.74 Å². The van der Waals surface area contributed by atoms with E-state index >= 15 is 4.39 Å². The minimum absolute atomic E-state index is 0.00884. The zero-order valence-electron chi connectivity index (χ0n) is 20.3. The van der Waals surface area contributed by atoms with E-state index < -0.39 is 31.6 Å². The first-order chi connectivity index (χ1) is 19.6. The monoisotopic (exact) mass is 615 g/mol. The average molecular weight is 616 g/mol. The molecule has 0 fully saturated rings. The molecule has 0 saturated heterocycles. The van der Waals surface area contributed by atoms with Crippen LogP contribution in [0, 0.1) is 11.0 Å². The molecule has 18 heteroatoms. The second-order valence-electron chi connectivity index (χ2n) is 8.40. The number of ether oxygens (including phenoxy) is 1. The molecular formula is C23H16Cl2F5N9O2. The first-order valence-corrected chi connectivity index (χ1v) is 12.3. The molecule has 0 unspecified atom stereocenters. The van der Waals surface area contributed by atoms with Crippen molar-refractivity contribution in [3.8, 4) is 28.1 Å². The highest BCUT2D eigenvalue weighted by molar-refractivity contribution is 6.31. The number of rotatable bonds is 10. The summed E-state index contributed by atoms with van der Waals surface area (Å²) in [5, 5.41) is 31.6.